The Bertz CT molecular complexity index is 858. The Morgan fingerprint density at radius 3 is 2.58 bits per heavy atom. The van der Waals surface area contributed by atoms with Crippen LogP contribution in [-0.4, -0.2) is 21.5 Å². The van der Waals surface area contributed by atoms with Gasteiger partial charge in [0.05, 0.1) is 11.0 Å². The van der Waals surface area contributed by atoms with Gasteiger partial charge < -0.3 is 14.9 Å². The highest BCUT2D eigenvalue weighted by atomic mass is 16.2. The lowest BCUT2D eigenvalue weighted by molar-refractivity contribution is 0.0933. The molecule has 0 bridgehead atoms. The van der Waals surface area contributed by atoms with Gasteiger partial charge in [0.15, 0.2) is 0 Å². The normalized spacial score (nSPS) is 16.0. The van der Waals surface area contributed by atoms with E-state index >= 15 is 0 Å². The molecule has 1 heterocycles. The van der Waals surface area contributed by atoms with Crippen LogP contribution < -0.4 is 16.4 Å². The monoisotopic (exact) mass is 329 g/mol. The van der Waals surface area contributed by atoms with Crippen molar-refractivity contribution in [1.82, 2.24) is 14.9 Å². The van der Waals surface area contributed by atoms with Crippen LogP contribution in [0.5, 0.6) is 0 Å². The highest BCUT2D eigenvalue weighted by molar-refractivity contribution is 5.97. The fourth-order valence-corrected chi connectivity index (χ4v) is 3.43. The number of aryl methyl sites for hydroxylation is 1. The van der Waals surface area contributed by atoms with Crippen molar-refractivity contribution in [3.05, 3.63) is 44.5 Å². The molecule has 6 nitrogen and oxygen atoms in total. The molecule has 2 aromatic rings. The number of nitrogens with zero attached hydrogens (tertiary/aromatic N) is 1. The number of rotatable bonds is 3. The summed E-state index contributed by atoms with van der Waals surface area (Å²) >= 11 is 0. The Kier molecular flexibility index (Phi) is 4.83. The molecule has 0 atom stereocenters. The SMILES string of the molecule is CCn1c(=O)c(=O)[nH]c2cc(C(=O)NC3CCCCCC3)ccc21. The van der Waals surface area contributed by atoms with Crippen molar-refractivity contribution in [1.29, 1.82) is 0 Å². The van der Waals surface area contributed by atoms with E-state index < -0.39 is 11.1 Å². The average Bonchev–Trinajstić information content (AvgIpc) is 2.84. The van der Waals surface area contributed by atoms with Gasteiger partial charge in [-0.05, 0) is 38.0 Å². The average molecular weight is 329 g/mol. The zero-order valence-corrected chi connectivity index (χ0v) is 13.9. The summed E-state index contributed by atoms with van der Waals surface area (Å²) in [6.45, 7) is 2.22. The predicted molar refractivity (Wildman–Crippen MR) is 93.5 cm³/mol. The molecule has 1 aliphatic carbocycles. The number of benzene rings is 1. The maximum Gasteiger partial charge on any atom is 0.316 e. The zero-order valence-electron chi connectivity index (χ0n) is 13.9. The summed E-state index contributed by atoms with van der Waals surface area (Å²) in [7, 11) is 0. The van der Waals surface area contributed by atoms with Crippen LogP contribution in [-0.2, 0) is 6.54 Å². The molecular weight excluding hydrogens is 306 g/mol. The van der Waals surface area contributed by atoms with Crippen LogP contribution in [0.2, 0.25) is 0 Å². The molecule has 0 spiro atoms. The van der Waals surface area contributed by atoms with Gasteiger partial charge >= 0.3 is 11.1 Å². The first kappa shape index (κ1) is 16.5. The fraction of sp³-hybridized carbons (Fsp3) is 0.500. The Labute approximate surface area is 139 Å². The van der Waals surface area contributed by atoms with Gasteiger partial charge in [-0.25, -0.2) is 0 Å². The van der Waals surface area contributed by atoms with Crippen molar-refractivity contribution in [3.63, 3.8) is 0 Å². The molecule has 0 saturated heterocycles. The number of carbonyl (C=O) groups excluding carboxylic acids is 1. The summed E-state index contributed by atoms with van der Waals surface area (Å²) < 4.78 is 1.42. The first-order valence-corrected chi connectivity index (χ1v) is 8.68. The van der Waals surface area contributed by atoms with Gasteiger partial charge in [-0.1, -0.05) is 25.7 Å². The third-order valence-electron chi connectivity index (χ3n) is 4.74. The predicted octanol–water partition coefficient (Wildman–Crippen LogP) is 2.16. The Hall–Kier alpha value is -2.37. The van der Waals surface area contributed by atoms with Crippen LogP contribution >= 0.6 is 0 Å². The Balaban J connectivity index is 1.90. The van der Waals surface area contributed by atoms with E-state index in [1.807, 2.05) is 6.92 Å². The second kappa shape index (κ2) is 7.03. The molecule has 128 valence electrons. The molecule has 2 N–H and O–H groups in total. The van der Waals surface area contributed by atoms with Crippen molar-refractivity contribution >= 4 is 16.9 Å². The van der Waals surface area contributed by atoms with Crippen LogP contribution in [0, 0.1) is 0 Å². The zero-order chi connectivity index (χ0) is 17.1. The highest BCUT2D eigenvalue weighted by Gasteiger charge is 2.16. The van der Waals surface area contributed by atoms with E-state index in [1.54, 1.807) is 18.2 Å². The minimum Gasteiger partial charge on any atom is -0.349 e. The number of H-pyrrole nitrogens is 1. The number of nitrogens with one attached hydrogen (secondary N) is 2. The number of aromatic nitrogens is 2. The topological polar surface area (TPSA) is 84.0 Å². The van der Waals surface area contributed by atoms with E-state index in [0.29, 0.717) is 23.1 Å². The van der Waals surface area contributed by atoms with Gasteiger partial charge in [0.1, 0.15) is 0 Å². The lowest BCUT2D eigenvalue weighted by atomic mass is 10.1. The molecule has 1 aromatic heterocycles. The van der Waals surface area contributed by atoms with E-state index in [2.05, 4.69) is 10.3 Å². The van der Waals surface area contributed by atoms with Gasteiger partial charge in [-0.3, -0.25) is 14.4 Å². The molecule has 1 saturated carbocycles. The summed E-state index contributed by atoms with van der Waals surface area (Å²) in [5, 5.41) is 3.09. The molecule has 1 amide bonds. The first-order chi connectivity index (χ1) is 11.6. The molecule has 0 aliphatic heterocycles. The first-order valence-electron chi connectivity index (χ1n) is 8.68. The Morgan fingerprint density at radius 2 is 1.92 bits per heavy atom. The third kappa shape index (κ3) is 3.27. The van der Waals surface area contributed by atoms with E-state index in [4.69, 9.17) is 0 Å². The van der Waals surface area contributed by atoms with Gasteiger partial charge in [-0.15, -0.1) is 0 Å². The fourth-order valence-electron chi connectivity index (χ4n) is 3.43. The quantitative estimate of drug-likeness (QED) is 0.668. The number of aromatic amines is 1. The van der Waals surface area contributed by atoms with Gasteiger partial charge in [0.2, 0.25) is 0 Å². The van der Waals surface area contributed by atoms with Crippen LogP contribution in [0.25, 0.3) is 11.0 Å². The second-order valence-electron chi connectivity index (χ2n) is 6.40. The molecule has 1 aliphatic rings. The van der Waals surface area contributed by atoms with Gasteiger partial charge in [0.25, 0.3) is 5.91 Å². The lowest BCUT2D eigenvalue weighted by Crippen LogP contribution is -2.36. The van der Waals surface area contributed by atoms with Crippen LogP contribution in [0.3, 0.4) is 0 Å². The number of hydrogen-bond acceptors (Lipinski definition) is 3. The molecule has 6 heteroatoms. The van der Waals surface area contributed by atoms with Crippen molar-refractivity contribution in [3.8, 4) is 0 Å². The van der Waals surface area contributed by atoms with Crippen LogP contribution in [0.15, 0.2) is 27.8 Å². The number of fused-ring (bicyclic) bond motifs is 1. The molecule has 0 radical (unpaired) electrons. The van der Waals surface area contributed by atoms with Crippen molar-refractivity contribution in [2.24, 2.45) is 0 Å². The summed E-state index contributed by atoms with van der Waals surface area (Å²) in [5.41, 5.74) is 0.415. The highest BCUT2D eigenvalue weighted by Crippen LogP contribution is 2.18. The molecule has 24 heavy (non-hydrogen) atoms. The lowest BCUT2D eigenvalue weighted by Gasteiger charge is -2.16. The maximum atomic E-state index is 12.5. The van der Waals surface area contributed by atoms with Crippen molar-refractivity contribution < 1.29 is 4.79 Å². The van der Waals surface area contributed by atoms with Crippen molar-refractivity contribution in [2.75, 3.05) is 0 Å². The van der Waals surface area contributed by atoms with Gasteiger partial charge in [0, 0.05) is 18.2 Å². The second-order valence-corrected chi connectivity index (χ2v) is 6.40. The largest absolute Gasteiger partial charge is 0.349 e. The minimum absolute atomic E-state index is 0.126. The van der Waals surface area contributed by atoms with Crippen molar-refractivity contribution in [2.45, 2.75) is 58.0 Å². The van der Waals surface area contributed by atoms with E-state index in [1.165, 1.54) is 17.4 Å². The standard InChI is InChI=1S/C18H23N3O3/c1-2-21-15-10-9-12(11-14(15)20-17(23)18(21)24)16(22)19-13-7-5-3-4-6-8-13/h9-11,13H,2-8H2,1H3,(H,19,22)(H,20,23). The molecular formula is C18H23N3O3. The number of hydrogen-bond donors (Lipinski definition) is 2. The minimum atomic E-state index is -0.661. The van der Waals surface area contributed by atoms with Crippen LogP contribution in [0.4, 0.5) is 0 Å². The third-order valence-corrected chi connectivity index (χ3v) is 4.74. The molecule has 3 rings (SSSR count). The van der Waals surface area contributed by atoms with E-state index in [9.17, 15) is 14.4 Å². The molecule has 0 unspecified atom stereocenters. The number of carbonyl (C=O) groups is 1. The molecule has 1 aromatic carbocycles. The summed E-state index contributed by atoms with van der Waals surface area (Å²) in [6.07, 6.45) is 6.81. The van der Waals surface area contributed by atoms with E-state index in [0.717, 1.165) is 25.7 Å². The summed E-state index contributed by atoms with van der Waals surface area (Å²) in [5.74, 6) is -0.126. The van der Waals surface area contributed by atoms with E-state index in [-0.39, 0.29) is 11.9 Å². The molecule has 1 fully saturated rings. The van der Waals surface area contributed by atoms with Crippen LogP contribution in [0.1, 0.15) is 55.8 Å². The summed E-state index contributed by atoms with van der Waals surface area (Å²) in [4.78, 5) is 38.7. The summed E-state index contributed by atoms with van der Waals surface area (Å²) in [6, 6.07) is 5.30. The maximum absolute atomic E-state index is 12.5. The Morgan fingerprint density at radius 1 is 1.21 bits per heavy atom. The number of amides is 1. The van der Waals surface area contributed by atoms with Gasteiger partial charge in [-0.2, -0.15) is 0 Å². The smallest absolute Gasteiger partial charge is 0.316 e.